The molecular weight excluding hydrogens is 244 g/mol. The van der Waals surface area contributed by atoms with Gasteiger partial charge in [0.15, 0.2) is 0 Å². The van der Waals surface area contributed by atoms with E-state index in [4.69, 9.17) is 5.11 Å². The molecule has 1 heterocycles. The third kappa shape index (κ3) is 3.23. The van der Waals surface area contributed by atoms with Gasteiger partial charge in [-0.15, -0.1) is 0 Å². The molecule has 1 aromatic heterocycles. The fourth-order valence-corrected chi connectivity index (χ4v) is 2.86. The van der Waals surface area contributed by atoms with Crippen LogP contribution in [0.3, 0.4) is 0 Å². The SMILES string of the molecule is CC1CCCC(CO)(Nc2ccc(C(=O)O)nc2)C1. The third-order valence-electron chi connectivity index (χ3n) is 3.79. The molecule has 2 unspecified atom stereocenters. The van der Waals surface area contributed by atoms with E-state index in [0.717, 1.165) is 24.9 Å². The largest absolute Gasteiger partial charge is 0.477 e. The van der Waals surface area contributed by atoms with Crippen LogP contribution < -0.4 is 5.32 Å². The predicted octanol–water partition coefficient (Wildman–Crippen LogP) is 2.13. The lowest BCUT2D eigenvalue weighted by Gasteiger charge is -2.40. The first-order valence-corrected chi connectivity index (χ1v) is 6.63. The number of aromatic nitrogens is 1. The molecule has 0 aliphatic heterocycles. The van der Waals surface area contributed by atoms with E-state index in [1.54, 1.807) is 6.07 Å². The van der Waals surface area contributed by atoms with Crippen LogP contribution in [0.15, 0.2) is 18.3 Å². The van der Waals surface area contributed by atoms with Crippen LogP contribution in [0.1, 0.15) is 43.1 Å². The molecule has 1 aromatic rings. The minimum Gasteiger partial charge on any atom is -0.477 e. The first kappa shape index (κ1) is 13.8. The Morgan fingerprint density at radius 1 is 1.58 bits per heavy atom. The smallest absolute Gasteiger partial charge is 0.354 e. The zero-order chi connectivity index (χ0) is 13.9. The van der Waals surface area contributed by atoms with Crippen molar-refractivity contribution in [3.05, 3.63) is 24.0 Å². The Morgan fingerprint density at radius 2 is 2.37 bits per heavy atom. The Bertz CT molecular complexity index is 447. The average molecular weight is 264 g/mol. The van der Waals surface area contributed by atoms with Crippen molar-refractivity contribution >= 4 is 11.7 Å². The van der Waals surface area contributed by atoms with Crippen LogP contribution in [0.25, 0.3) is 0 Å². The molecule has 0 bridgehead atoms. The van der Waals surface area contributed by atoms with Crippen molar-refractivity contribution in [3.8, 4) is 0 Å². The molecule has 2 atom stereocenters. The van der Waals surface area contributed by atoms with Crippen LogP contribution >= 0.6 is 0 Å². The standard InChI is InChI=1S/C14H20N2O3/c1-10-3-2-6-14(7-10,9-17)16-11-4-5-12(13(18)19)15-8-11/h4-5,8,10,16-17H,2-3,6-7,9H2,1H3,(H,18,19). The number of carbonyl (C=O) groups is 1. The third-order valence-corrected chi connectivity index (χ3v) is 3.79. The van der Waals surface area contributed by atoms with Crippen molar-refractivity contribution in [1.82, 2.24) is 4.98 Å². The van der Waals surface area contributed by atoms with Gasteiger partial charge in [0.1, 0.15) is 5.69 Å². The summed E-state index contributed by atoms with van der Waals surface area (Å²) in [5, 5.41) is 21.8. The van der Waals surface area contributed by atoms with Gasteiger partial charge in [-0.1, -0.05) is 19.8 Å². The highest BCUT2D eigenvalue weighted by Gasteiger charge is 2.34. The van der Waals surface area contributed by atoms with Crippen molar-refractivity contribution in [2.75, 3.05) is 11.9 Å². The molecule has 1 fully saturated rings. The fourth-order valence-electron chi connectivity index (χ4n) is 2.86. The molecule has 5 nitrogen and oxygen atoms in total. The van der Waals surface area contributed by atoms with E-state index in [2.05, 4.69) is 17.2 Å². The lowest BCUT2D eigenvalue weighted by Crippen LogP contribution is -2.45. The second-order valence-electron chi connectivity index (χ2n) is 5.50. The molecule has 0 saturated heterocycles. The summed E-state index contributed by atoms with van der Waals surface area (Å²) in [6.45, 7) is 2.27. The zero-order valence-electron chi connectivity index (χ0n) is 11.1. The summed E-state index contributed by atoms with van der Waals surface area (Å²) >= 11 is 0. The highest BCUT2D eigenvalue weighted by molar-refractivity contribution is 5.85. The number of nitrogens with zero attached hydrogens (tertiary/aromatic N) is 1. The molecule has 1 saturated carbocycles. The summed E-state index contributed by atoms with van der Waals surface area (Å²) in [6.07, 6.45) is 5.65. The van der Waals surface area contributed by atoms with E-state index < -0.39 is 5.97 Å². The number of pyridine rings is 1. The van der Waals surface area contributed by atoms with Gasteiger partial charge in [-0.3, -0.25) is 0 Å². The zero-order valence-corrected chi connectivity index (χ0v) is 11.1. The molecule has 2 rings (SSSR count). The number of rotatable bonds is 4. The molecule has 0 amide bonds. The number of hydrogen-bond donors (Lipinski definition) is 3. The Kier molecular flexibility index (Phi) is 4.04. The van der Waals surface area contributed by atoms with Crippen LogP contribution in [-0.2, 0) is 0 Å². The van der Waals surface area contributed by atoms with Gasteiger partial charge in [-0.25, -0.2) is 9.78 Å². The Balaban J connectivity index is 2.11. The van der Waals surface area contributed by atoms with E-state index >= 15 is 0 Å². The van der Waals surface area contributed by atoms with Crippen molar-refractivity contribution < 1.29 is 15.0 Å². The van der Waals surface area contributed by atoms with Crippen LogP contribution in [-0.4, -0.2) is 33.3 Å². The van der Waals surface area contributed by atoms with E-state index in [-0.39, 0.29) is 17.8 Å². The van der Waals surface area contributed by atoms with Crippen molar-refractivity contribution in [1.29, 1.82) is 0 Å². The lowest BCUT2D eigenvalue weighted by atomic mass is 9.76. The maximum Gasteiger partial charge on any atom is 0.354 e. The minimum atomic E-state index is -1.03. The van der Waals surface area contributed by atoms with E-state index in [1.165, 1.54) is 18.7 Å². The quantitative estimate of drug-likeness (QED) is 0.776. The first-order valence-electron chi connectivity index (χ1n) is 6.63. The van der Waals surface area contributed by atoms with Gasteiger partial charge in [0.2, 0.25) is 0 Å². The van der Waals surface area contributed by atoms with Gasteiger partial charge in [0, 0.05) is 0 Å². The van der Waals surface area contributed by atoms with Gasteiger partial charge in [-0.2, -0.15) is 0 Å². The maximum atomic E-state index is 10.7. The van der Waals surface area contributed by atoms with Crippen LogP contribution in [0, 0.1) is 5.92 Å². The lowest BCUT2D eigenvalue weighted by molar-refractivity contribution is 0.0690. The molecule has 19 heavy (non-hydrogen) atoms. The highest BCUT2D eigenvalue weighted by atomic mass is 16.4. The summed E-state index contributed by atoms with van der Waals surface area (Å²) in [5.41, 5.74) is 0.484. The number of carboxylic acids is 1. The summed E-state index contributed by atoms with van der Waals surface area (Å²) in [6, 6.07) is 3.18. The van der Waals surface area contributed by atoms with Crippen LogP contribution in [0.2, 0.25) is 0 Å². The normalized spacial score (nSPS) is 26.9. The number of carboxylic acid groups (broad SMARTS) is 1. The van der Waals surface area contributed by atoms with Gasteiger partial charge < -0.3 is 15.5 Å². The van der Waals surface area contributed by atoms with Crippen molar-refractivity contribution in [3.63, 3.8) is 0 Å². The molecule has 104 valence electrons. The molecule has 1 aliphatic carbocycles. The maximum absolute atomic E-state index is 10.7. The number of aliphatic hydroxyl groups is 1. The number of aliphatic hydroxyl groups excluding tert-OH is 1. The number of aromatic carboxylic acids is 1. The minimum absolute atomic E-state index is 0.0283. The van der Waals surface area contributed by atoms with Crippen LogP contribution in [0.4, 0.5) is 5.69 Å². The Morgan fingerprint density at radius 3 is 2.89 bits per heavy atom. The summed E-state index contributed by atoms with van der Waals surface area (Å²) in [5.74, 6) is -0.450. The molecule has 1 aliphatic rings. The number of nitrogens with one attached hydrogen (secondary N) is 1. The molecular formula is C14H20N2O3. The van der Waals surface area contributed by atoms with E-state index in [1.807, 2.05) is 0 Å². The second kappa shape index (κ2) is 5.57. The molecule has 5 heteroatoms. The number of anilines is 1. The average Bonchev–Trinajstić information content (AvgIpc) is 2.39. The van der Waals surface area contributed by atoms with Gasteiger partial charge in [0.05, 0.1) is 24.0 Å². The predicted molar refractivity (Wildman–Crippen MR) is 72.3 cm³/mol. The van der Waals surface area contributed by atoms with Gasteiger partial charge in [-0.05, 0) is 30.9 Å². The topological polar surface area (TPSA) is 82.5 Å². The first-order chi connectivity index (χ1) is 9.04. The van der Waals surface area contributed by atoms with Gasteiger partial charge in [0.25, 0.3) is 0 Å². The van der Waals surface area contributed by atoms with Crippen molar-refractivity contribution in [2.45, 2.75) is 38.1 Å². The Hall–Kier alpha value is -1.62. The summed E-state index contributed by atoms with van der Waals surface area (Å²) in [7, 11) is 0. The molecule has 0 aromatic carbocycles. The monoisotopic (exact) mass is 264 g/mol. The molecule has 0 radical (unpaired) electrons. The second-order valence-corrected chi connectivity index (χ2v) is 5.50. The van der Waals surface area contributed by atoms with E-state index in [9.17, 15) is 9.90 Å². The van der Waals surface area contributed by atoms with E-state index in [0.29, 0.717) is 5.92 Å². The number of hydrogen-bond acceptors (Lipinski definition) is 4. The summed E-state index contributed by atoms with van der Waals surface area (Å²) in [4.78, 5) is 14.6. The van der Waals surface area contributed by atoms with Crippen molar-refractivity contribution in [2.24, 2.45) is 5.92 Å². The molecule has 0 spiro atoms. The highest BCUT2D eigenvalue weighted by Crippen LogP contribution is 2.34. The van der Waals surface area contributed by atoms with Crippen LogP contribution in [0.5, 0.6) is 0 Å². The summed E-state index contributed by atoms with van der Waals surface area (Å²) < 4.78 is 0. The fraction of sp³-hybridized carbons (Fsp3) is 0.571. The Labute approximate surface area is 112 Å². The molecule has 3 N–H and O–H groups in total. The van der Waals surface area contributed by atoms with Gasteiger partial charge >= 0.3 is 5.97 Å².